The maximum absolute atomic E-state index is 12.9. The molecule has 0 unspecified atom stereocenters. The molecule has 2 aromatic carbocycles. The Labute approximate surface area is 144 Å². The number of halogens is 1. The van der Waals surface area contributed by atoms with Crippen molar-refractivity contribution in [3.05, 3.63) is 59.1 Å². The molecule has 6 heteroatoms. The Morgan fingerprint density at radius 2 is 1.79 bits per heavy atom. The molecule has 0 bridgehead atoms. The smallest absolute Gasteiger partial charge is 0.292 e. The van der Waals surface area contributed by atoms with Gasteiger partial charge in [-0.15, -0.1) is 0 Å². The second-order valence-corrected chi connectivity index (χ2v) is 6.03. The number of carbonyl (C=O) groups is 1. The normalized spacial score (nSPS) is 18.2. The van der Waals surface area contributed by atoms with E-state index in [1.807, 2.05) is 24.3 Å². The molecule has 0 aromatic heterocycles. The van der Waals surface area contributed by atoms with Crippen molar-refractivity contribution >= 4 is 23.2 Å². The topological polar surface area (TPSA) is 48.0 Å². The Morgan fingerprint density at radius 1 is 1.08 bits per heavy atom. The standard InChI is InChI=1S/C18H16ClNO4/c19-13-5-7-14(8-6-13)22-10-9-20-16-4-2-1-3-15(16)18(17(20)21)23-11-12-24-18/h1-8H,9-12H2. The highest BCUT2D eigenvalue weighted by Gasteiger charge is 2.55. The Morgan fingerprint density at radius 3 is 2.54 bits per heavy atom. The highest BCUT2D eigenvalue weighted by Crippen LogP contribution is 2.45. The molecule has 2 aromatic rings. The lowest BCUT2D eigenvalue weighted by atomic mass is 10.1. The molecule has 1 fully saturated rings. The summed E-state index contributed by atoms with van der Waals surface area (Å²) in [6.07, 6.45) is 0. The zero-order valence-corrected chi connectivity index (χ0v) is 13.7. The summed E-state index contributed by atoms with van der Waals surface area (Å²) >= 11 is 5.86. The van der Waals surface area contributed by atoms with Crippen LogP contribution in [0.4, 0.5) is 5.69 Å². The van der Waals surface area contributed by atoms with Crippen LogP contribution in [0.2, 0.25) is 5.02 Å². The van der Waals surface area contributed by atoms with E-state index in [4.69, 9.17) is 25.8 Å². The minimum Gasteiger partial charge on any atom is -0.492 e. The van der Waals surface area contributed by atoms with E-state index in [1.165, 1.54) is 0 Å². The molecule has 124 valence electrons. The van der Waals surface area contributed by atoms with Gasteiger partial charge in [0, 0.05) is 10.6 Å². The van der Waals surface area contributed by atoms with Crippen molar-refractivity contribution in [1.82, 2.24) is 0 Å². The summed E-state index contributed by atoms with van der Waals surface area (Å²) in [5, 5.41) is 0.656. The summed E-state index contributed by atoms with van der Waals surface area (Å²) in [6, 6.07) is 14.7. The summed E-state index contributed by atoms with van der Waals surface area (Å²) in [7, 11) is 0. The highest BCUT2D eigenvalue weighted by molar-refractivity contribution is 6.30. The van der Waals surface area contributed by atoms with Crippen molar-refractivity contribution in [2.75, 3.05) is 31.3 Å². The summed E-state index contributed by atoms with van der Waals surface area (Å²) in [6.45, 7) is 1.59. The fraction of sp³-hybridized carbons (Fsp3) is 0.278. The molecule has 0 N–H and O–H groups in total. The largest absolute Gasteiger partial charge is 0.492 e. The van der Waals surface area contributed by atoms with E-state index in [2.05, 4.69) is 0 Å². The third-order valence-electron chi connectivity index (χ3n) is 4.17. The van der Waals surface area contributed by atoms with Crippen LogP contribution in [0.5, 0.6) is 5.75 Å². The van der Waals surface area contributed by atoms with Crippen LogP contribution in [0, 0.1) is 0 Å². The van der Waals surface area contributed by atoms with Crippen molar-refractivity contribution in [3.8, 4) is 5.75 Å². The van der Waals surface area contributed by atoms with Crippen LogP contribution in [0.25, 0.3) is 0 Å². The van der Waals surface area contributed by atoms with Gasteiger partial charge in [0.15, 0.2) is 0 Å². The van der Waals surface area contributed by atoms with Gasteiger partial charge in [-0.3, -0.25) is 4.79 Å². The zero-order chi connectivity index (χ0) is 16.6. The van der Waals surface area contributed by atoms with Crippen molar-refractivity contribution in [3.63, 3.8) is 0 Å². The Balaban J connectivity index is 1.51. The van der Waals surface area contributed by atoms with Crippen molar-refractivity contribution in [2.24, 2.45) is 0 Å². The number of fused-ring (bicyclic) bond motifs is 2. The average Bonchev–Trinajstić information content (AvgIpc) is 3.18. The van der Waals surface area contributed by atoms with E-state index in [0.717, 1.165) is 11.3 Å². The van der Waals surface area contributed by atoms with Gasteiger partial charge in [0.1, 0.15) is 12.4 Å². The summed E-state index contributed by atoms with van der Waals surface area (Å²) in [5.41, 5.74) is 1.57. The fourth-order valence-corrected chi connectivity index (χ4v) is 3.21. The van der Waals surface area contributed by atoms with Gasteiger partial charge in [-0.25, -0.2) is 0 Å². The molecule has 2 aliphatic heterocycles. The molecule has 4 rings (SSSR count). The molecule has 0 atom stereocenters. The van der Waals surface area contributed by atoms with Crippen molar-refractivity contribution < 1.29 is 19.0 Å². The van der Waals surface area contributed by atoms with Crippen LogP contribution in [0.1, 0.15) is 5.56 Å². The molecule has 0 saturated carbocycles. The number of nitrogens with zero attached hydrogens (tertiary/aromatic N) is 1. The van der Waals surface area contributed by atoms with Gasteiger partial charge in [0.05, 0.1) is 25.4 Å². The monoisotopic (exact) mass is 345 g/mol. The molecular weight excluding hydrogens is 330 g/mol. The highest BCUT2D eigenvalue weighted by atomic mass is 35.5. The lowest BCUT2D eigenvalue weighted by Gasteiger charge is -2.22. The number of anilines is 1. The third-order valence-corrected chi connectivity index (χ3v) is 4.42. The van der Waals surface area contributed by atoms with Crippen LogP contribution in [0.15, 0.2) is 48.5 Å². The molecule has 1 saturated heterocycles. The lowest BCUT2D eigenvalue weighted by molar-refractivity contribution is -0.180. The van der Waals surface area contributed by atoms with E-state index in [-0.39, 0.29) is 5.91 Å². The van der Waals surface area contributed by atoms with Crippen LogP contribution >= 0.6 is 11.6 Å². The van der Waals surface area contributed by atoms with Gasteiger partial charge < -0.3 is 19.1 Å². The van der Waals surface area contributed by atoms with Gasteiger partial charge in [-0.1, -0.05) is 29.8 Å². The minimum atomic E-state index is -1.28. The molecule has 5 nitrogen and oxygen atoms in total. The Hall–Kier alpha value is -2.08. The Bertz CT molecular complexity index is 756. The number of amides is 1. The first-order valence-electron chi connectivity index (χ1n) is 7.78. The number of benzene rings is 2. The zero-order valence-electron chi connectivity index (χ0n) is 12.9. The van der Waals surface area contributed by atoms with Gasteiger partial charge in [-0.2, -0.15) is 0 Å². The SMILES string of the molecule is O=C1N(CCOc2ccc(Cl)cc2)c2ccccc2C12OCCO2. The second kappa shape index (κ2) is 6.09. The average molecular weight is 346 g/mol. The molecule has 2 aliphatic rings. The van der Waals surface area contributed by atoms with Crippen molar-refractivity contribution in [1.29, 1.82) is 0 Å². The summed E-state index contributed by atoms with van der Waals surface area (Å²) in [4.78, 5) is 14.5. The Kier molecular flexibility index (Phi) is 3.92. The summed E-state index contributed by atoms with van der Waals surface area (Å²) < 4.78 is 17.1. The van der Waals surface area contributed by atoms with Gasteiger partial charge in [0.2, 0.25) is 0 Å². The third kappa shape index (κ3) is 2.45. The first-order valence-corrected chi connectivity index (χ1v) is 8.16. The maximum Gasteiger partial charge on any atom is 0.292 e. The van der Waals surface area contributed by atoms with Crippen LogP contribution in [-0.4, -0.2) is 32.3 Å². The minimum absolute atomic E-state index is 0.194. The van der Waals surface area contributed by atoms with Crippen LogP contribution < -0.4 is 9.64 Å². The summed E-state index contributed by atoms with van der Waals surface area (Å²) in [5.74, 6) is -0.764. The van der Waals surface area contributed by atoms with Gasteiger partial charge in [-0.05, 0) is 30.3 Å². The van der Waals surface area contributed by atoms with Crippen LogP contribution in [-0.2, 0) is 20.1 Å². The molecule has 24 heavy (non-hydrogen) atoms. The number of rotatable bonds is 4. The number of ether oxygens (including phenoxy) is 3. The molecule has 2 heterocycles. The van der Waals surface area contributed by atoms with E-state index >= 15 is 0 Å². The van der Waals surface area contributed by atoms with Crippen molar-refractivity contribution in [2.45, 2.75) is 5.79 Å². The first-order chi connectivity index (χ1) is 11.7. The van der Waals surface area contributed by atoms with Gasteiger partial charge >= 0.3 is 0 Å². The molecule has 1 amide bonds. The molecule has 0 radical (unpaired) electrons. The molecular formula is C18H16ClNO4. The quantitative estimate of drug-likeness (QED) is 0.854. The number of hydrogen-bond donors (Lipinski definition) is 0. The van der Waals surface area contributed by atoms with Crippen LogP contribution in [0.3, 0.4) is 0 Å². The number of carbonyl (C=O) groups excluding carboxylic acids is 1. The van der Waals surface area contributed by atoms with E-state index in [0.29, 0.717) is 37.1 Å². The lowest BCUT2D eigenvalue weighted by Crippen LogP contribution is -2.42. The molecule has 1 spiro atoms. The predicted octanol–water partition coefficient (Wildman–Crippen LogP) is 2.97. The number of para-hydroxylation sites is 1. The van der Waals surface area contributed by atoms with E-state index in [9.17, 15) is 4.79 Å². The predicted molar refractivity (Wildman–Crippen MR) is 89.3 cm³/mol. The van der Waals surface area contributed by atoms with E-state index in [1.54, 1.807) is 29.2 Å². The first kappa shape index (κ1) is 15.4. The maximum atomic E-state index is 12.9. The van der Waals surface area contributed by atoms with E-state index < -0.39 is 5.79 Å². The van der Waals surface area contributed by atoms with Gasteiger partial charge in [0.25, 0.3) is 11.7 Å². The number of hydrogen-bond acceptors (Lipinski definition) is 4. The second-order valence-electron chi connectivity index (χ2n) is 5.59. The molecule has 0 aliphatic carbocycles. The fourth-order valence-electron chi connectivity index (χ4n) is 3.09.